The van der Waals surface area contributed by atoms with Gasteiger partial charge in [0.15, 0.2) is 0 Å². The van der Waals surface area contributed by atoms with Crippen LogP contribution in [0.4, 0.5) is 4.39 Å². The Morgan fingerprint density at radius 3 is 2.86 bits per heavy atom. The molecule has 0 saturated heterocycles. The maximum atomic E-state index is 13.2. The van der Waals surface area contributed by atoms with Crippen molar-refractivity contribution in [3.63, 3.8) is 0 Å². The van der Waals surface area contributed by atoms with Gasteiger partial charge in [0.1, 0.15) is 5.76 Å². The van der Waals surface area contributed by atoms with E-state index in [1.165, 1.54) is 12.3 Å². The summed E-state index contributed by atoms with van der Waals surface area (Å²) in [5.41, 5.74) is 0.334. The topological polar surface area (TPSA) is 46.3 Å². The molecule has 5 heteroatoms. The van der Waals surface area contributed by atoms with Crippen molar-refractivity contribution in [2.75, 3.05) is 0 Å². The summed E-state index contributed by atoms with van der Waals surface area (Å²) in [4.78, 5) is 18.0. The van der Waals surface area contributed by atoms with Gasteiger partial charge in [-0.1, -0.05) is 12.8 Å². The van der Waals surface area contributed by atoms with E-state index in [1.54, 1.807) is 23.3 Å². The Bertz CT molecular complexity index is 606. The number of amides is 1. The molecule has 110 valence electrons. The zero-order chi connectivity index (χ0) is 14.7. The van der Waals surface area contributed by atoms with Gasteiger partial charge in [0.05, 0.1) is 12.8 Å². The van der Waals surface area contributed by atoms with E-state index < -0.39 is 5.95 Å². The molecule has 1 amide bonds. The molecule has 21 heavy (non-hydrogen) atoms. The number of hydrogen-bond donors (Lipinski definition) is 0. The van der Waals surface area contributed by atoms with Crippen LogP contribution in [0.25, 0.3) is 0 Å². The number of halogens is 1. The number of pyridine rings is 1. The van der Waals surface area contributed by atoms with Gasteiger partial charge in [-0.05, 0) is 31.0 Å². The Morgan fingerprint density at radius 2 is 2.19 bits per heavy atom. The summed E-state index contributed by atoms with van der Waals surface area (Å²) in [5, 5.41) is 0. The highest BCUT2D eigenvalue weighted by atomic mass is 19.1. The first kappa shape index (κ1) is 13.8. The molecule has 0 bridgehead atoms. The van der Waals surface area contributed by atoms with Crippen molar-refractivity contribution in [1.82, 2.24) is 9.88 Å². The number of carbonyl (C=O) groups is 1. The third-order valence-electron chi connectivity index (χ3n) is 3.91. The highest BCUT2D eigenvalue weighted by Crippen LogP contribution is 2.26. The van der Waals surface area contributed by atoms with E-state index in [1.807, 2.05) is 6.07 Å². The lowest BCUT2D eigenvalue weighted by atomic mass is 10.1. The lowest BCUT2D eigenvalue weighted by Crippen LogP contribution is -2.38. The Balaban J connectivity index is 1.85. The molecule has 4 nitrogen and oxygen atoms in total. The number of aromatic nitrogens is 1. The maximum absolute atomic E-state index is 13.2. The van der Waals surface area contributed by atoms with Crippen molar-refractivity contribution in [2.45, 2.75) is 38.3 Å². The highest BCUT2D eigenvalue weighted by molar-refractivity contribution is 5.94. The number of carbonyl (C=O) groups excluding carboxylic acids is 1. The minimum atomic E-state index is -0.634. The Morgan fingerprint density at radius 1 is 1.38 bits per heavy atom. The lowest BCUT2D eigenvalue weighted by molar-refractivity contribution is 0.0648. The van der Waals surface area contributed by atoms with Crippen LogP contribution in [0.5, 0.6) is 0 Å². The molecular formula is C16H17FN2O2. The molecule has 2 aromatic heterocycles. The van der Waals surface area contributed by atoms with Gasteiger partial charge in [0, 0.05) is 23.9 Å². The molecule has 0 spiro atoms. The number of hydrogen-bond acceptors (Lipinski definition) is 3. The summed E-state index contributed by atoms with van der Waals surface area (Å²) in [6.45, 7) is 0.417. The van der Waals surface area contributed by atoms with Gasteiger partial charge in [0.2, 0.25) is 5.95 Å². The number of nitrogens with zero attached hydrogens (tertiary/aromatic N) is 2. The summed E-state index contributed by atoms with van der Waals surface area (Å²) >= 11 is 0. The van der Waals surface area contributed by atoms with Crippen LogP contribution in [0.15, 0.2) is 41.1 Å². The normalized spacial score (nSPS) is 15.3. The molecule has 0 aliphatic heterocycles. The van der Waals surface area contributed by atoms with E-state index in [9.17, 15) is 9.18 Å². The minimum absolute atomic E-state index is 0.167. The molecule has 0 unspecified atom stereocenters. The van der Waals surface area contributed by atoms with Crippen molar-refractivity contribution >= 4 is 5.91 Å². The van der Waals surface area contributed by atoms with Gasteiger partial charge in [0.25, 0.3) is 5.91 Å². The molecule has 2 aromatic rings. The summed E-state index contributed by atoms with van der Waals surface area (Å²) in [6.07, 6.45) is 7.13. The molecule has 1 aliphatic carbocycles. The second-order valence-corrected chi connectivity index (χ2v) is 5.32. The SMILES string of the molecule is O=C(c1ccnc(F)c1)N(Cc1ccco1)C1CCCC1. The van der Waals surface area contributed by atoms with Gasteiger partial charge in [-0.3, -0.25) is 4.79 Å². The highest BCUT2D eigenvalue weighted by Gasteiger charge is 2.28. The second-order valence-electron chi connectivity index (χ2n) is 5.32. The maximum Gasteiger partial charge on any atom is 0.254 e. The Hall–Kier alpha value is -2.17. The monoisotopic (exact) mass is 288 g/mol. The van der Waals surface area contributed by atoms with Crippen LogP contribution < -0.4 is 0 Å². The predicted octanol–water partition coefficient (Wildman–Crippen LogP) is 3.40. The number of rotatable bonds is 4. The fraction of sp³-hybridized carbons (Fsp3) is 0.375. The summed E-state index contributed by atoms with van der Waals surface area (Å²) < 4.78 is 18.6. The van der Waals surface area contributed by atoms with Gasteiger partial charge >= 0.3 is 0 Å². The zero-order valence-electron chi connectivity index (χ0n) is 11.7. The molecule has 3 rings (SSSR count). The van der Waals surface area contributed by atoms with Crippen LogP contribution in [0, 0.1) is 5.95 Å². The second kappa shape index (κ2) is 6.08. The van der Waals surface area contributed by atoms with Crippen molar-refractivity contribution in [2.24, 2.45) is 0 Å². The molecule has 0 atom stereocenters. The van der Waals surface area contributed by atoms with Crippen molar-refractivity contribution < 1.29 is 13.6 Å². The quantitative estimate of drug-likeness (QED) is 0.810. The fourth-order valence-corrected chi connectivity index (χ4v) is 2.85. The van der Waals surface area contributed by atoms with Crippen LogP contribution in [0.1, 0.15) is 41.8 Å². The Kier molecular flexibility index (Phi) is 3.99. The Labute approximate surface area is 122 Å². The summed E-state index contributed by atoms with van der Waals surface area (Å²) in [6, 6.07) is 6.59. The zero-order valence-corrected chi connectivity index (χ0v) is 11.7. The van der Waals surface area contributed by atoms with E-state index in [2.05, 4.69) is 4.98 Å². The van der Waals surface area contributed by atoms with Gasteiger partial charge in [-0.15, -0.1) is 0 Å². The largest absolute Gasteiger partial charge is 0.467 e. The van der Waals surface area contributed by atoms with Gasteiger partial charge < -0.3 is 9.32 Å². The van der Waals surface area contributed by atoms with E-state index in [4.69, 9.17) is 4.42 Å². The smallest absolute Gasteiger partial charge is 0.254 e. The molecule has 1 aliphatic rings. The summed E-state index contributed by atoms with van der Waals surface area (Å²) in [7, 11) is 0. The average molecular weight is 288 g/mol. The lowest BCUT2D eigenvalue weighted by Gasteiger charge is -2.28. The van der Waals surface area contributed by atoms with Crippen molar-refractivity contribution in [3.8, 4) is 0 Å². The first-order valence-electron chi connectivity index (χ1n) is 7.19. The molecule has 1 saturated carbocycles. The molecule has 2 heterocycles. The first-order chi connectivity index (χ1) is 10.2. The van der Waals surface area contributed by atoms with E-state index in [0.29, 0.717) is 12.1 Å². The number of furan rings is 1. The molecule has 0 aromatic carbocycles. The van der Waals surface area contributed by atoms with Gasteiger partial charge in [-0.25, -0.2) is 4.98 Å². The van der Waals surface area contributed by atoms with Crippen LogP contribution in [0.3, 0.4) is 0 Å². The fourth-order valence-electron chi connectivity index (χ4n) is 2.85. The van der Waals surface area contributed by atoms with E-state index in [-0.39, 0.29) is 11.9 Å². The minimum Gasteiger partial charge on any atom is -0.467 e. The van der Waals surface area contributed by atoms with E-state index in [0.717, 1.165) is 31.4 Å². The first-order valence-corrected chi connectivity index (χ1v) is 7.19. The third kappa shape index (κ3) is 3.12. The third-order valence-corrected chi connectivity index (χ3v) is 3.91. The molecule has 0 N–H and O–H groups in total. The molecular weight excluding hydrogens is 271 g/mol. The standard InChI is InChI=1S/C16H17FN2O2/c17-15-10-12(7-8-18-15)16(20)19(13-4-1-2-5-13)11-14-6-3-9-21-14/h3,6-10,13H,1-2,4-5,11H2. The molecule has 1 fully saturated rings. The van der Waals surface area contributed by atoms with Crippen LogP contribution in [0.2, 0.25) is 0 Å². The van der Waals surface area contributed by atoms with Gasteiger partial charge in [-0.2, -0.15) is 4.39 Å². The van der Waals surface area contributed by atoms with Crippen molar-refractivity contribution in [1.29, 1.82) is 0 Å². The van der Waals surface area contributed by atoms with Crippen LogP contribution in [-0.4, -0.2) is 21.8 Å². The molecule has 0 radical (unpaired) electrons. The van der Waals surface area contributed by atoms with Crippen LogP contribution in [-0.2, 0) is 6.54 Å². The predicted molar refractivity (Wildman–Crippen MR) is 75.0 cm³/mol. The van der Waals surface area contributed by atoms with Crippen LogP contribution >= 0.6 is 0 Å². The van der Waals surface area contributed by atoms with Crippen molar-refractivity contribution in [3.05, 3.63) is 54.0 Å². The van der Waals surface area contributed by atoms with E-state index >= 15 is 0 Å². The average Bonchev–Trinajstić information content (AvgIpc) is 3.17. The summed E-state index contributed by atoms with van der Waals surface area (Å²) in [5.74, 6) is -0.0606.